The molecule has 0 fully saturated rings. The van der Waals surface area contributed by atoms with Crippen molar-refractivity contribution in [2.45, 2.75) is 13.8 Å². The number of fused-ring (bicyclic) bond motifs is 1. The predicted octanol–water partition coefficient (Wildman–Crippen LogP) is 4.16. The third-order valence-electron chi connectivity index (χ3n) is 2.25. The summed E-state index contributed by atoms with van der Waals surface area (Å²) in [6, 6.07) is 5.95. The molecule has 0 saturated carbocycles. The Bertz CT molecular complexity index is 506. The number of halogens is 2. The molecule has 3 heteroatoms. The van der Waals surface area contributed by atoms with Crippen LogP contribution in [0, 0.1) is 13.8 Å². The number of aryl methyl sites for hydroxylation is 1. The van der Waals surface area contributed by atoms with Crippen molar-refractivity contribution in [2.75, 3.05) is 0 Å². The van der Waals surface area contributed by atoms with E-state index in [4.69, 9.17) is 23.2 Å². The molecule has 72 valence electrons. The summed E-state index contributed by atoms with van der Waals surface area (Å²) < 4.78 is 0. The van der Waals surface area contributed by atoms with Crippen molar-refractivity contribution in [3.05, 3.63) is 39.5 Å². The normalized spacial score (nSPS) is 10.9. The van der Waals surface area contributed by atoms with Crippen LogP contribution >= 0.6 is 23.2 Å². The molecule has 0 atom stereocenters. The van der Waals surface area contributed by atoms with E-state index in [0.29, 0.717) is 10.2 Å². The summed E-state index contributed by atoms with van der Waals surface area (Å²) in [5.41, 5.74) is 2.85. The van der Waals surface area contributed by atoms with Crippen molar-refractivity contribution in [1.82, 2.24) is 4.98 Å². The van der Waals surface area contributed by atoms with Gasteiger partial charge in [0.25, 0.3) is 0 Å². The topological polar surface area (TPSA) is 12.9 Å². The van der Waals surface area contributed by atoms with Gasteiger partial charge in [0, 0.05) is 10.9 Å². The lowest BCUT2D eigenvalue weighted by molar-refractivity contribution is 1.32. The average Bonchev–Trinajstić information content (AvgIpc) is 2.16. The van der Waals surface area contributed by atoms with Crippen molar-refractivity contribution in [3.8, 4) is 0 Å². The van der Waals surface area contributed by atoms with Gasteiger partial charge in [0.15, 0.2) is 0 Å². The van der Waals surface area contributed by atoms with E-state index in [0.717, 1.165) is 16.5 Å². The number of benzene rings is 1. The smallest absolute Gasteiger partial charge is 0.134 e. The fourth-order valence-electron chi connectivity index (χ4n) is 1.41. The molecule has 0 saturated heterocycles. The molecule has 0 radical (unpaired) electrons. The lowest BCUT2D eigenvalue weighted by Gasteiger charge is -2.05. The van der Waals surface area contributed by atoms with Gasteiger partial charge in [-0.3, -0.25) is 0 Å². The van der Waals surface area contributed by atoms with Gasteiger partial charge in [-0.2, -0.15) is 0 Å². The van der Waals surface area contributed by atoms with Crippen LogP contribution < -0.4 is 0 Å². The van der Waals surface area contributed by atoms with Crippen LogP contribution in [0.3, 0.4) is 0 Å². The van der Waals surface area contributed by atoms with Crippen LogP contribution in [0.1, 0.15) is 11.1 Å². The van der Waals surface area contributed by atoms with Crippen LogP contribution in [0.5, 0.6) is 0 Å². The van der Waals surface area contributed by atoms with Gasteiger partial charge < -0.3 is 0 Å². The minimum absolute atomic E-state index is 0.478. The summed E-state index contributed by atoms with van der Waals surface area (Å²) in [7, 11) is 0. The third-order valence-corrected chi connectivity index (χ3v) is 3.10. The predicted molar refractivity (Wildman–Crippen MR) is 61.2 cm³/mol. The van der Waals surface area contributed by atoms with Gasteiger partial charge in [0.1, 0.15) is 5.15 Å². The van der Waals surface area contributed by atoms with Crippen molar-refractivity contribution < 1.29 is 0 Å². The van der Waals surface area contributed by atoms with E-state index < -0.39 is 0 Å². The standard InChI is InChI=1S/C11H9Cl2N/c1-6-3-4-9-8(5-6)10(12)7(2)11(13)14-9/h3-5H,1-2H3. The van der Waals surface area contributed by atoms with Gasteiger partial charge in [0.05, 0.1) is 10.5 Å². The first-order valence-electron chi connectivity index (χ1n) is 4.31. The van der Waals surface area contributed by atoms with E-state index in [9.17, 15) is 0 Å². The Kier molecular flexibility index (Phi) is 2.38. The second-order valence-corrected chi connectivity index (χ2v) is 4.10. The number of nitrogens with zero attached hydrogens (tertiary/aromatic N) is 1. The average molecular weight is 226 g/mol. The first-order valence-corrected chi connectivity index (χ1v) is 5.07. The van der Waals surface area contributed by atoms with Gasteiger partial charge in [-0.1, -0.05) is 34.8 Å². The Hall–Kier alpha value is -0.790. The van der Waals surface area contributed by atoms with E-state index in [2.05, 4.69) is 4.98 Å². The second-order valence-electron chi connectivity index (χ2n) is 3.36. The minimum Gasteiger partial charge on any atom is -0.236 e. The molecule has 2 aromatic rings. The monoisotopic (exact) mass is 225 g/mol. The highest BCUT2D eigenvalue weighted by atomic mass is 35.5. The minimum atomic E-state index is 0.478. The Morgan fingerprint density at radius 2 is 1.86 bits per heavy atom. The lowest BCUT2D eigenvalue weighted by Crippen LogP contribution is -1.87. The van der Waals surface area contributed by atoms with Crippen molar-refractivity contribution >= 4 is 34.1 Å². The fraction of sp³-hybridized carbons (Fsp3) is 0.182. The maximum atomic E-state index is 6.18. The van der Waals surface area contributed by atoms with Gasteiger partial charge in [-0.05, 0) is 26.0 Å². The Morgan fingerprint density at radius 3 is 2.57 bits per heavy atom. The Balaban J connectivity index is 2.92. The lowest BCUT2D eigenvalue weighted by atomic mass is 10.1. The molecule has 0 amide bonds. The highest BCUT2D eigenvalue weighted by molar-refractivity contribution is 6.39. The number of pyridine rings is 1. The van der Waals surface area contributed by atoms with Crippen LogP contribution in [0.4, 0.5) is 0 Å². The van der Waals surface area contributed by atoms with E-state index in [1.54, 1.807) is 0 Å². The number of rotatable bonds is 0. The van der Waals surface area contributed by atoms with Crippen LogP contribution in [-0.2, 0) is 0 Å². The molecule has 2 rings (SSSR count). The van der Waals surface area contributed by atoms with Crippen molar-refractivity contribution in [3.63, 3.8) is 0 Å². The number of aromatic nitrogens is 1. The van der Waals surface area contributed by atoms with Gasteiger partial charge in [-0.25, -0.2) is 4.98 Å². The van der Waals surface area contributed by atoms with E-state index in [-0.39, 0.29) is 0 Å². The van der Waals surface area contributed by atoms with E-state index in [1.165, 1.54) is 5.56 Å². The number of hydrogen-bond donors (Lipinski definition) is 0. The fourth-order valence-corrected chi connectivity index (χ4v) is 1.88. The van der Waals surface area contributed by atoms with Crippen LogP contribution in [0.2, 0.25) is 10.2 Å². The first kappa shape index (κ1) is 9.75. The summed E-state index contributed by atoms with van der Waals surface area (Å²) in [6.45, 7) is 3.90. The highest BCUT2D eigenvalue weighted by Crippen LogP contribution is 2.30. The van der Waals surface area contributed by atoms with Crippen molar-refractivity contribution in [1.29, 1.82) is 0 Å². The van der Waals surface area contributed by atoms with Gasteiger partial charge in [0.2, 0.25) is 0 Å². The maximum Gasteiger partial charge on any atom is 0.134 e. The quantitative estimate of drug-likeness (QED) is 0.614. The van der Waals surface area contributed by atoms with E-state index >= 15 is 0 Å². The van der Waals surface area contributed by atoms with Gasteiger partial charge in [-0.15, -0.1) is 0 Å². The molecule has 0 spiro atoms. The molecule has 14 heavy (non-hydrogen) atoms. The zero-order valence-corrected chi connectivity index (χ0v) is 9.45. The summed E-state index contributed by atoms with van der Waals surface area (Å²) >= 11 is 12.1. The molecular formula is C11H9Cl2N. The highest BCUT2D eigenvalue weighted by Gasteiger charge is 2.07. The zero-order chi connectivity index (χ0) is 10.3. The Labute approximate surface area is 92.7 Å². The second kappa shape index (κ2) is 3.41. The molecule has 0 aliphatic carbocycles. The molecule has 1 aromatic heterocycles. The SMILES string of the molecule is Cc1ccc2nc(Cl)c(C)c(Cl)c2c1. The molecule has 0 aliphatic heterocycles. The number of hydrogen-bond acceptors (Lipinski definition) is 1. The maximum absolute atomic E-state index is 6.18. The molecule has 0 unspecified atom stereocenters. The summed E-state index contributed by atoms with van der Waals surface area (Å²) in [4.78, 5) is 4.26. The Morgan fingerprint density at radius 1 is 1.14 bits per heavy atom. The third kappa shape index (κ3) is 1.47. The largest absolute Gasteiger partial charge is 0.236 e. The van der Waals surface area contributed by atoms with Crippen LogP contribution in [-0.4, -0.2) is 4.98 Å². The molecule has 1 nitrogen and oxygen atoms in total. The summed E-state index contributed by atoms with van der Waals surface area (Å²) in [6.07, 6.45) is 0. The molecule has 0 bridgehead atoms. The summed E-state index contributed by atoms with van der Waals surface area (Å²) in [5, 5.41) is 2.14. The molecule has 0 aliphatic rings. The van der Waals surface area contributed by atoms with Gasteiger partial charge >= 0.3 is 0 Å². The molecular weight excluding hydrogens is 217 g/mol. The summed E-state index contributed by atoms with van der Waals surface area (Å²) in [5.74, 6) is 0. The molecule has 1 heterocycles. The van der Waals surface area contributed by atoms with Crippen LogP contribution in [0.15, 0.2) is 18.2 Å². The molecule has 0 N–H and O–H groups in total. The zero-order valence-electron chi connectivity index (χ0n) is 7.94. The van der Waals surface area contributed by atoms with E-state index in [1.807, 2.05) is 32.0 Å². The molecule has 1 aromatic carbocycles. The van der Waals surface area contributed by atoms with Crippen molar-refractivity contribution in [2.24, 2.45) is 0 Å². The van der Waals surface area contributed by atoms with Crippen LogP contribution in [0.25, 0.3) is 10.9 Å². The first-order chi connectivity index (χ1) is 6.59.